The quantitative estimate of drug-likeness (QED) is 0.103. The molecule has 0 radical (unpaired) electrons. The van der Waals surface area contributed by atoms with Gasteiger partial charge in [0, 0.05) is 25.5 Å². The molecule has 3 atom stereocenters. The molecule has 41 heavy (non-hydrogen) atoms. The van der Waals surface area contributed by atoms with Crippen LogP contribution in [-0.2, 0) is 24.7 Å². The average Bonchev–Trinajstić information content (AvgIpc) is 3.67. The number of carbonyl (C=O) groups excluding carboxylic acids is 2. The van der Waals surface area contributed by atoms with Gasteiger partial charge in [-0.2, -0.15) is 13.2 Å². The van der Waals surface area contributed by atoms with Crippen LogP contribution in [0, 0.1) is 0 Å². The number of alkyl halides is 3. The molecule has 0 bridgehead atoms. The predicted octanol–water partition coefficient (Wildman–Crippen LogP) is 8.04. The monoisotopic (exact) mass is 575 g/mol. The molecule has 1 amide bonds. The van der Waals surface area contributed by atoms with Crippen LogP contribution >= 0.6 is 0 Å². The zero-order chi connectivity index (χ0) is 30.0. The minimum Gasteiger partial charge on any atom is -0.457 e. The number of amides is 1. The molecule has 8 heteroatoms. The van der Waals surface area contributed by atoms with Gasteiger partial charge >= 0.3 is 12.1 Å². The molecule has 0 heterocycles. The van der Waals surface area contributed by atoms with Crippen LogP contribution < -0.4 is 5.32 Å². The highest BCUT2D eigenvalue weighted by Crippen LogP contribution is 2.44. The lowest BCUT2D eigenvalue weighted by atomic mass is 9.93. The summed E-state index contributed by atoms with van der Waals surface area (Å²) in [6.07, 6.45) is 20.9. The van der Waals surface area contributed by atoms with Gasteiger partial charge in [0.25, 0.3) is 5.60 Å². The van der Waals surface area contributed by atoms with Crippen molar-refractivity contribution in [2.45, 2.75) is 101 Å². The Morgan fingerprint density at radius 1 is 0.878 bits per heavy atom. The number of ether oxygens (including phenoxy) is 2. The van der Waals surface area contributed by atoms with Crippen molar-refractivity contribution in [3.8, 4) is 0 Å². The van der Waals surface area contributed by atoms with Gasteiger partial charge in [-0.3, -0.25) is 4.79 Å². The Morgan fingerprint density at radius 3 is 1.98 bits per heavy atom. The smallest absolute Gasteiger partial charge is 0.432 e. The van der Waals surface area contributed by atoms with Crippen LogP contribution in [0.15, 0.2) is 78.9 Å². The first kappa shape index (κ1) is 34.1. The zero-order valence-corrected chi connectivity index (χ0v) is 24.2. The standard InChI is InChI=1S/C33H44F3NO4/c1-3-4-5-6-7-8-9-10-11-12-13-14-15-16-17-18-22-25-30(38)37-28-26-29(28)41-31(39)32(40-2,33(34,35)36)27-23-20-19-21-24-27/h7-8,10-11,13-14,16-17,19-21,23-24,28-29H,3-6,9,12,15,18,22,25-26H2,1-2H3,(H,37,38)/b8-7-,11-10-,14-13-,17-16-/t28-,29+,32+/m1/s1. The van der Waals surface area contributed by atoms with E-state index in [1.165, 1.54) is 43.5 Å². The van der Waals surface area contributed by atoms with Gasteiger partial charge in [0.1, 0.15) is 6.10 Å². The number of methoxy groups -OCH3 is 1. The third-order valence-corrected chi connectivity index (χ3v) is 6.74. The van der Waals surface area contributed by atoms with Gasteiger partial charge in [0.2, 0.25) is 5.91 Å². The van der Waals surface area contributed by atoms with Crippen LogP contribution in [0.2, 0.25) is 0 Å². The van der Waals surface area contributed by atoms with E-state index in [0.717, 1.165) is 39.2 Å². The molecule has 1 aliphatic rings. The van der Waals surface area contributed by atoms with E-state index >= 15 is 0 Å². The second-order valence-corrected chi connectivity index (χ2v) is 10.1. The topological polar surface area (TPSA) is 64.6 Å². The summed E-state index contributed by atoms with van der Waals surface area (Å²) in [6, 6.07) is 6.17. The minimum atomic E-state index is -5.03. The van der Waals surface area contributed by atoms with E-state index in [4.69, 9.17) is 9.47 Å². The van der Waals surface area contributed by atoms with Crippen LogP contribution in [0.25, 0.3) is 0 Å². The van der Waals surface area contributed by atoms with Gasteiger partial charge in [-0.1, -0.05) is 98.7 Å². The molecule has 0 aliphatic heterocycles. The van der Waals surface area contributed by atoms with Crippen molar-refractivity contribution in [2.75, 3.05) is 7.11 Å². The predicted molar refractivity (Wildman–Crippen MR) is 156 cm³/mol. The number of hydrogen-bond acceptors (Lipinski definition) is 4. The molecule has 1 aliphatic carbocycles. The number of carbonyl (C=O) groups is 2. The summed E-state index contributed by atoms with van der Waals surface area (Å²) >= 11 is 0. The first-order valence-electron chi connectivity index (χ1n) is 14.5. The third kappa shape index (κ3) is 11.7. The summed E-state index contributed by atoms with van der Waals surface area (Å²) in [5, 5.41) is 2.73. The maximum Gasteiger partial charge on any atom is 0.432 e. The molecule has 0 saturated heterocycles. The molecule has 1 saturated carbocycles. The average molecular weight is 576 g/mol. The highest BCUT2D eigenvalue weighted by molar-refractivity contribution is 5.83. The van der Waals surface area contributed by atoms with Gasteiger partial charge in [-0.25, -0.2) is 4.79 Å². The van der Waals surface area contributed by atoms with E-state index in [1.54, 1.807) is 6.07 Å². The van der Waals surface area contributed by atoms with Crippen LogP contribution in [0.5, 0.6) is 0 Å². The molecule has 0 spiro atoms. The first-order valence-corrected chi connectivity index (χ1v) is 14.5. The molecule has 2 rings (SSSR count). The molecular weight excluding hydrogens is 531 g/mol. The minimum absolute atomic E-state index is 0.221. The maximum absolute atomic E-state index is 14.0. The number of halogens is 3. The molecule has 1 N–H and O–H groups in total. The molecule has 1 fully saturated rings. The van der Waals surface area contributed by atoms with Crippen LogP contribution in [-0.4, -0.2) is 37.3 Å². The molecule has 1 aromatic carbocycles. The van der Waals surface area contributed by atoms with Crippen molar-refractivity contribution in [1.82, 2.24) is 5.32 Å². The Hall–Kier alpha value is -3.13. The zero-order valence-electron chi connectivity index (χ0n) is 24.2. The first-order chi connectivity index (χ1) is 19.8. The molecule has 5 nitrogen and oxygen atoms in total. The summed E-state index contributed by atoms with van der Waals surface area (Å²) in [5.74, 6) is -1.76. The second kappa shape index (κ2) is 18.3. The SMILES string of the molecule is CCCCC/C=C\C/C=C\C/C=C\C/C=C\CCCC(=O)N[C@@H]1C[C@@H]1OC(=O)[C@@](OC)(c1ccccc1)C(F)(F)F. The van der Waals surface area contributed by atoms with Gasteiger partial charge in [-0.05, 0) is 44.9 Å². The lowest BCUT2D eigenvalue weighted by Gasteiger charge is -2.32. The van der Waals surface area contributed by atoms with E-state index in [0.29, 0.717) is 6.42 Å². The van der Waals surface area contributed by atoms with E-state index in [-0.39, 0.29) is 24.3 Å². The van der Waals surface area contributed by atoms with Gasteiger partial charge in [-0.15, -0.1) is 0 Å². The Labute approximate surface area is 242 Å². The van der Waals surface area contributed by atoms with E-state index in [1.807, 2.05) is 6.08 Å². The number of nitrogens with one attached hydrogen (secondary N) is 1. The summed E-state index contributed by atoms with van der Waals surface area (Å²) in [6.45, 7) is 2.21. The number of unbranched alkanes of at least 4 members (excludes halogenated alkanes) is 4. The molecule has 226 valence electrons. The fourth-order valence-electron chi connectivity index (χ4n) is 4.28. The molecule has 0 unspecified atom stereocenters. The molecule has 0 aromatic heterocycles. The van der Waals surface area contributed by atoms with Crippen molar-refractivity contribution in [2.24, 2.45) is 0 Å². The van der Waals surface area contributed by atoms with Crippen molar-refractivity contribution in [3.05, 3.63) is 84.5 Å². The highest BCUT2D eigenvalue weighted by Gasteiger charge is 2.65. The summed E-state index contributed by atoms with van der Waals surface area (Å²) in [4.78, 5) is 24.9. The van der Waals surface area contributed by atoms with E-state index < -0.39 is 29.9 Å². The Morgan fingerprint density at radius 2 is 1.44 bits per heavy atom. The van der Waals surface area contributed by atoms with E-state index in [2.05, 4.69) is 54.8 Å². The number of benzene rings is 1. The van der Waals surface area contributed by atoms with E-state index in [9.17, 15) is 22.8 Å². The lowest BCUT2D eigenvalue weighted by molar-refractivity contribution is -0.277. The van der Waals surface area contributed by atoms with Gasteiger partial charge in [0.15, 0.2) is 0 Å². The van der Waals surface area contributed by atoms with Crippen LogP contribution in [0.4, 0.5) is 13.2 Å². The van der Waals surface area contributed by atoms with Crippen molar-refractivity contribution >= 4 is 11.9 Å². The maximum atomic E-state index is 14.0. The largest absolute Gasteiger partial charge is 0.457 e. The second-order valence-electron chi connectivity index (χ2n) is 10.1. The summed E-state index contributed by atoms with van der Waals surface area (Å²) < 4.78 is 51.8. The fraction of sp³-hybridized carbons (Fsp3) is 0.515. The van der Waals surface area contributed by atoms with Crippen molar-refractivity contribution < 1.29 is 32.2 Å². The number of hydrogen-bond donors (Lipinski definition) is 1. The summed E-state index contributed by atoms with van der Waals surface area (Å²) in [5.41, 5.74) is -3.59. The highest BCUT2D eigenvalue weighted by atomic mass is 19.4. The van der Waals surface area contributed by atoms with Crippen molar-refractivity contribution in [3.63, 3.8) is 0 Å². The molecule has 1 aromatic rings. The Bertz CT molecular complexity index is 1030. The fourth-order valence-corrected chi connectivity index (χ4v) is 4.28. The number of rotatable bonds is 19. The Kier molecular flexibility index (Phi) is 15.2. The van der Waals surface area contributed by atoms with Gasteiger partial charge in [0.05, 0.1) is 6.04 Å². The van der Waals surface area contributed by atoms with Crippen molar-refractivity contribution in [1.29, 1.82) is 0 Å². The summed E-state index contributed by atoms with van der Waals surface area (Å²) in [7, 11) is 0.826. The number of allylic oxidation sites excluding steroid dienone is 8. The molecular formula is C33H44F3NO4. The van der Waals surface area contributed by atoms with Crippen LogP contribution in [0.3, 0.4) is 0 Å². The number of esters is 1. The third-order valence-electron chi connectivity index (χ3n) is 6.74. The lowest BCUT2D eigenvalue weighted by Crippen LogP contribution is -2.52. The van der Waals surface area contributed by atoms with Gasteiger partial charge < -0.3 is 14.8 Å². The Balaban J connectivity index is 1.60. The van der Waals surface area contributed by atoms with Crippen LogP contribution in [0.1, 0.15) is 83.1 Å². The normalized spacial score (nSPS) is 18.9.